The normalized spacial score (nSPS) is 15.8. The Kier molecular flexibility index (Phi) is 6.68. The minimum Gasteiger partial charge on any atom is -0.354 e. The van der Waals surface area contributed by atoms with Crippen LogP contribution in [-0.4, -0.2) is 48.9 Å². The molecule has 1 saturated heterocycles. The van der Waals surface area contributed by atoms with Gasteiger partial charge in [-0.05, 0) is 42.5 Å². The van der Waals surface area contributed by atoms with Crippen molar-refractivity contribution < 1.29 is 39.2 Å². The summed E-state index contributed by atoms with van der Waals surface area (Å²) in [6, 6.07) is 7.47. The maximum atomic E-state index is 13.2. The van der Waals surface area contributed by atoms with E-state index in [1.54, 1.807) is 11.0 Å². The molecule has 0 spiro atoms. The van der Waals surface area contributed by atoms with Crippen LogP contribution in [-0.2, 0) is 22.4 Å². The first-order valence-corrected chi connectivity index (χ1v) is 11.8. The molecule has 1 aliphatic heterocycles. The van der Waals surface area contributed by atoms with E-state index in [0.29, 0.717) is 17.1 Å². The molecule has 0 saturated carbocycles. The molecule has 2 aromatic carbocycles. The van der Waals surface area contributed by atoms with Gasteiger partial charge in [0.1, 0.15) is 18.0 Å². The van der Waals surface area contributed by atoms with Crippen molar-refractivity contribution in [2.75, 3.05) is 31.1 Å². The molecule has 2 heterocycles. The molecule has 0 aliphatic carbocycles. The lowest BCUT2D eigenvalue weighted by Crippen LogP contribution is -2.49. The third-order valence-corrected chi connectivity index (χ3v) is 7.43. The van der Waals surface area contributed by atoms with Gasteiger partial charge in [-0.1, -0.05) is 0 Å². The SMILES string of the molecule is O=S(=O)(c1cc(C(F)(F)F)cc(C(F)(F)F)c1)N1CCN(c2cc(-c3ccc(F)cc3)ncn2)CC1. The highest BCUT2D eigenvalue weighted by Crippen LogP contribution is 2.38. The summed E-state index contributed by atoms with van der Waals surface area (Å²) in [5, 5.41) is 0. The van der Waals surface area contributed by atoms with Crippen LogP contribution in [0.5, 0.6) is 0 Å². The first-order chi connectivity index (χ1) is 16.7. The lowest BCUT2D eigenvalue weighted by Gasteiger charge is -2.34. The molecule has 192 valence electrons. The standard InChI is InChI=1S/C22H17F7N4O2S/c23-17-3-1-14(2-4-17)19-12-20(31-13-30-19)32-5-7-33(8-6-32)36(34,35)18-10-15(21(24,25)26)9-16(11-18)22(27,28)29/h1-4,9-13H,5-8H2. The predicted molar refractivity (Wildman–Crippen MR) is 115 cm³/mol. The van der Waals surface area contributed by atoms with Crippen LogP contribution in [0.15, 0.2) is 59.8 Å². The van der Waals surface area contributed by atoms with Crippen LogP contribution in [0.25, 0.3) is 11.3 Å². The quantitative estimate of drug-likeness (QED) is 0.449. The first kappa shape index (κ1) is 25.8. The highest BCUT2D eigenvalue weighted by atomic mass is 32.2. The molecule has 1 aliphatic rings. The summed E-state index contributed by atoms with van der Waals surface area (Å²) >= 11 is 0. The molecule has 6 nitrogen and oxygen atoms in total. The second-order valence-electron chi connectivity index (χ2n) is 7.90. The van der Waals surface area contributed by atoms with Gasteiger partial charge in [0.05, 0.1) is 21.7 Å². The average Bonchev–Trinajstić information content (AvgIpc) is 2.83. The van der Waals surface area contributed by atoms with Crippen LogP contribution in [0.1, 0.15) is 11.1 Å². The molecular formula is C22H17F7N4O2S. The van der Waals surface area contributed by atoms with E-state index in [-0.39, 0.29) is 44.4 Å². The zero-order valence-corrected chi connectivity index (χ0v) is 19.0. The summed E-state index contributed by atoms with van der Waals surface area (Å²) in [5.74, 6) is 0.00767. The number of piperazine rings is 1. The molecule has 14 heteroatoms. The molecule has 0 atom stereocenters. The molecule has 1 aromatic heterocycles. The molecule has 36 heavy (non-hydrogen) atoms. The van der Waals surface area contributed by atoms with Crippen molar-refractivity contribution in [3.63, 3.8) is 0 Å². The number of aromatic nitrogens is 2. The molecule has 0 N–H and O–H groups in total. The monoisotopic (exact) mass is 534 g/mol. The summed E-state index contributed by atoms with van der Waals surface area (Å²) < 4.78 is 119. The third-order valence-electron chi connectivity index (χ3n) is 5.55. The summed E-state index contributed by atoms with van der Waals surface area (Å²) in [7, 11) is -4.65. The van der Waals surface area contributed by atoms with Gasteiger partial charge in [0.25, 0.3) is 0 Å². The van der Waals surface area contributed by atoms with Crippen molar-refractivity contribution in [2.45, 2.75) is 17.2 Å². The summed E-state index contributed by atoms with van der Waals surface area (Å²) in [6.07, 6.45) is -9.06. The molecule has 0 radical (unpaired) electrons. The lowest BCUT2D eigenvalue weighted by molar-refractivity contribution is -0.143. The topological polar surface area (TPSA) is 66.4 Å². The number of sulfonamides is 1. The fourth-order valence-corrected chi connectivity index (χ4v) is 5.17. The van der Waals surface area contributed by atoms with E-state index in [9.17, 15) is 39.2 Å². The second kappa shape index (κ2) is 9.32. The number of alkyl halides is 6. The van der Waals surface area contributed by atoms with E-state index in [2.05, 4.69) is 9.97 Å². The van der Waals surface area contributed by atoms with E-state index in [4.69, 9.17) is 0 Å². The summed E-state index contributed by atoms with van der Waals surface area (Å²) in [4.78, 5) is 8.90. The van der Waals surface area contributed by atoms with Gasteiger partial charge in [-0.3, -0.25) is 0 Å². The molecule has 3 aromatic rings. The van der Waals surface area contributed by atoms with Gasteiger partial charge in [-0.2, -0.15) is 30.6 Å². The number of nitrogens with zero attached hydrogens (tertiary/aromatic N) is 4. The van der Waals surface area contributed by atoms with Gasteiger partial charge in [0, 0.05) is 37.8 Å². The number of hydrogen-bond acceptors (Lipinski definition) is 5. The van der Waals surface area contributed by atoms with Crippen LogP contribution in [0.4, 0.5) is 36.6 Å². The van der Waals surface area contributed by atoms with E-state index in [1.165, 1.54) is 30.6 Å². The first-order valence-electron chi connectivity index (χ1n) is 10.4. The van der Waals surface area contributed by atoms with Crippen molar-refractivity contribution in [3.8, 4) is 11.3 Å². The zero-order chi connectivity index (χ0) is 26.3. The molecule has 0 amide bonds. The molecule has 1 fully saturated rings. The van der Waals surface area contributed by atoms with Crippen molar-refractivity contribution in [1.29, 1.82) is 0 Å². The Balaban J connectivity index is 1.55. The minimum atomic E-state index is -5.17. The molecule has 0 unspecified atom stereocenters. The smallest absolute Gasteiger partial charge is 0.354 e. The third kappa shape index (κ3) is 5.43. The van der Waals surface area contributed by atoms with Gasteiger partial charge in [-0.15, -0.1) is 0 Å². The number of benzene rings is 2. The Labute approximate surface area is 201 Å². The lowest BCUT2D eigenvalue weighted by atomic mass is 10.1. The Bertz CT molecular complexity index is 1320. The highest BCUT2D eigenvalue weighted by molar-refractivity contribution is 7.89. The van der Waals surface area contributed by atoms with Gasteiger partial charge in [0.2, 0.25) is 10.0 Å². The predicted octanol–water partition coefficient (Wildman–Crippen LogP) is 4.83. The second-order valence-corrected chi connectivity index (χ2v) is 9.84. The largest absolute Gasteiger partial charge is 0.416 e. The maximum absolute atomic E-state index is 13.2. The summed E-state index contributed by atoms with van der Waals surface area (Å²) in [6.45, 7) is -0.250. The Morgan fingerprint density at radius 2 is 1.31 bits per heavy atom. The number of hydrogen-bond donors (Lipinski definition) is 0. The van der Waals surface area contributed by atoms with E-state index < -0.39 is 44.2 Å². The Morgan fingerprint density at radius 3 is 1.83 bits per heavy atom. The summed E-state index contributed by atoms with van der Waals surface area (Å²) in [5.41, 5.74) is -2.31. The minimum absolute atomic E-state index is 0.0736. The molecular weight excluding hydrogens is 517 g/mol. The maximum Gasteiger partial charge on any atom is 0.416 e. The van der Waals surface area contributed by atoms with Gasteiger partial charge in [0.15, 0.2) is 0 Å². The van der Waals surface area contributed by atoms with Crippen molar-refractivity contribution >= 4 is 15.8 Å². The fourth-order valence-electron chi connectivity index (χ4n) is 3.68. The fraction of sp³-hybridized carbons (Fsp3) is 0.273. The Hall–Kier alpha value is -3.26. The Morgan fingerprint density at radius 1 is 0.750 bits per heavy atom. The van der Waals surface area contributed by atoms with Crippen LogP contribution < -0.4 is 4.90 Å². The number of halogens is 7. The zero-order valence-electron chi connectivity index (χ0n) is 18.2. The van der Waals surface area contributed by atoms with E-state index in [1.807, 2.05) is 0 Å². The average molecular weight is 534 g/mol. The molecule has 0 bridgehead atoms. The van der Waals surface area contributed by atoms with Crippen LogP contribution in [0, 0.1) is 5.82 Å². The van der Waals surface area contributed by atoms with Crippen LogP contribution in [0.2, 0.25) is 0 Å². The molecule has 4 rings (SSSR count). The number of rotatable bonds is 4. The van der Waals surface area contributed by atoms with Crippen molar-refractivity contribution in [1.82, 2.24) is 14.3 Å². The van der Waals surface area contributed by atoms with Gasteiger partial charge >= 0.3 is 12.4 Å². The van der Waals surface area contributed by atoms with Crippen molar-refractivity contribution in [3.05, 3.63) is 71.8 Å². The highest BCUT2D eigenvalue weighted by Gasteiger charge is 2.39. The van der Waals surface area contributed by atoms with Crippen LogP contribution in [0.3, 0.4) is 0 Å². The van der Waals surface area contributed by atoms with Gasteiger partial charge < -0.3 is 4.90 Å². The van der Waals surface area contributed by atoms with Crippen molar-refractivity contribution in [2.24, 2.45) is 0 Å². The van der Waals surface area contributed by atoms with E-state index in [0.717, 1.165) is 4.31 Å². The van der Waals surface area contributed by atoms with Crippen LogP contribution >= 0.6 is 0 Å². The van der Waals surface area contributed by atoms with Gasteiger partial charge in [-0.25, -0.2) is 22.8 Å². The number of anilines is 1. The van der Waals surface area contributed by atoms with E-state index >= 15 is 0 Å².